The molecule has 0 aliphatic heterocycles. The number of rotatable bonds is 6. The smallest absolute Gasteiger partial charge is 0.422 e. The number of carbonyl (C=O) groups is 1. The van der Waals surface area contributed by atoms with Gasteiger partial charge in [-0.15, -0.1) is 0 Å². The van der Waals surface area contributed by atoms with Crippen molar-refractivity contribution in [1.29, 1.82) is 0 Å². The predicted molar refractivity (Wildman–Crippen MR) is 86.9 cm³/mol. The number of alkyl halides is 3. The highest BCUT2D eigenvalue weighted by atomic mass is 32.2. The summed E-state index contributed by atoms with van der Waals surface area (Å²) < 4.78 is 68.9. The second-order valence-electron chi connectivity index (χ2n) is 5.29. The molecular weight excluding hydrogens is 375 g/mol. The monoisotopic (exact) mass is 389 g/mol. The molecule has 2 aromatic rings. The topological polar surface area (TPSA) is 92.7 Å². The summed E-state index contributed by atoms with van der Waals surface area (Å²) in [5, 5.41) is 9.00. The highest BCUT2D eigenvalue weighted by molar-refractivity contribution is 7.92. The molecule has 2 N–H and O–H groups in total. The highest BCUT2D eigenvalue weighted by Gasteiger charge is 2.29. The number of carboxylic acid groups (broad SMARTS) is 1. The Morgan fingerprint density at radius 2 is 1.85 bits per heavy atom. The Morgan fingerprint density at radius 1 is 1.19 bits per heavy atom. The summed E-state index contributed by atoms with van der Waals surface area (Å²) in [5.74, 6) is -1.61. The fraction of sp³-hybridized carbons (Fsp3) is 0.188. The SMILES string of the molecule is Cc1ccc(C(=O)O)cc1S(=O)(=O)Nc1ccccc1OCC(F)(F)F. The van der Waals surface area contributed by atoms with Gasteiger partial charge >= 0.3 is 12.1 Å². The number of para-hydroxylation sites is 2. The average Bonchev–Trinajstić information content (AvgIpc) is 2.53. The van der Waals surface area contributed by atoms with Gasteiger partial charge in [0.2, 0.25) is 0 Å². The number of ether oxygens (including phenoxy) is 1. The van der Waals surface area contributed by atoms with Crippen molar-refractivity contribution in [3.8, 4) is 5.75 Å². The van der Waals surface area contributed by atoms with Crippen LogP contribution in [0.15, 0.2) is 47.4 Å². The minimum absolute atomic E-state index is 0.197. The molecule has 2 rings (SSSR count). The Kier molecular flexibility index (Phi) is 5.45. The van der Waals surface area contributed by atoms with Gasteiger partial charge in [0.15, 0.2) is 6.61 Å². The van der Waals surface area contributed by atoms with Crippen LogP contribution in [0, 0.1) is 6.92 Å². The zero-order valence-corrected chi connectivity index (χ0v) is 14.2. The molecule has 0 fully saturated rings. The molecule has 0 radical (unpaired) electrons. The second kappa shape index (κ2) is 7.24. The van der Waals surface area contributed by atoms with Gasteiger partial charge in [-0.2, -0.15) is 13.2 Å². The first-order valence-corrected chi connectivity index (χ1v) is 8.63. The van der Waals surface area contributed by atoms with Crippen LogP contribution in [0.1, 0.15) is 15.9 Å². The molecular formula is C16H14F3NO5S. The van der Waals surface area contributed by atoms with Crippen molar-refractivity contribution >= 4 is 21.7 Å². The molecule has 0 unspecified atom stereocenters. The Balaban J connectivity index is 2.36. The van der Waals surface area contributed by atoms with Crippen LogP contribution in [-0.2, 0) is 10.0 Å². The van der Waals surface area contributed by atoms with Crippen LogP contribution in [0.5, 0.6) is 5.75 Å². The van der Waals surface area contributed by atoms with E-state index in [9.17, 15) is 26.4 Å². The first-order chi connectivity index (χ1) is 12.0. The number of anilines is 1. The molecule has 0 aliphatic carbocycles. The Bertz CT molecular complexity index is 926. The van der Waals surface area contributed by atoms with Gasteiger partial charge < -0.3 is 9.84 Å². The molecule has 0 amide bonds. The number of halogens is 3. The lowest BCUT2D eigenvalue weighted by Gasteiger charge is -2.15. The number of hydrogen-bond donors (Lipinski definition) is 2. The Morgan fingerprint density at radius 3 is 2.46 bits per heavy atom. The summed E-state index contributed by atoms with van der Waals surface area (Å²) in [6.45, 7) is -0.120. The maximum absolute atomic E-state index is 12.6. The van der Waals surface area contributed by atoms with E-state index in [0.717, 1.165) is 6.07 Å². The highest BCUT2D eigenvalue weighted by Crippen LogP contribution is 2.29. The molecule has 0 spiro atoms. The van der Waals surface area contributed by atoms with Crippen molar-refractivity contribution in [3.05, 3.63) is 53.6 Å². The number of aromatic carboxylic acids is 1. The lowest BCUT2D eigenvalue weighted by atomic mass is 10.1. The molecule has 0 saturated carbocycles. The number of carboxylic acids is 1. The van der Waals surface area contributed by atoms with Crippen LogP contribution < -0.4 is 9.46 Å². The number of nitrogens with one attached hydrogen (secondary N) is 1. The Hall–Kier alpha value is -2.75. The van der Waals surface area contributed by atoms with Crippen molar-refractivity contribution in [2.45, 2.75) is 18.0 Å². The largest absolute Gasteiger partial charge is 0.482 e. The molecule has 0 saturated heterocycles. The second-order valence-corrected chi connectivity index (χ2v) is 6.94. The summed E-state index contributed by atoms with van der Waals surface area (Å²) >= 11 is 0. The van der Waals surface area contributed by atoms with E-state index in [1.807, 2.05) is 0 Å². The van der Waals surface area contributed by atoms with Gasteiger partial charge in [0.25, 0.3) is 10.0 Å². The maximum atomic E-state index is 12.6. The van der Waals surface area contributed by atoms with E-state index in [2.05, 4.69) is 9.46 Å². The summed E-state index contributed by atoms with van der Waals surface area (Å²) in [6.07, 6.45) is -4.58. The van der Waals surface area contributed by atoms with Gasteiger partial charge in [-0.1, -0.05) is 18.2 Å². The van der Waals surface area contributed by atoms with Crippen LogP contribution in [-0.4, -0.2) is 32.3 Å². The van der Waals surface area contributed by atoms with Gasteiger partial charge in [-0.25, -0.2) is 13.2 Å². The van der Waals surface area contributed by atoms with Crippen LogP contribution in [0.25, 0.3) is 0 Å². The quantitative estimate of drug-likeness (QED) is 0.790. The third-order valence-electron chi connectivity index (χ3n) is 3.25. The van der Waals surface area contributed by atoms with E-state index in [1.54, 1.807) is 0 Å². The summed E-state index contributed by atoms with van der Waals surface area (Å²) in [5.41, 5.74) is -0.161. The van der Waals surface area contributed by atoms with Gasteiger partial charge in [0.1, 0.15) is 5.75 Å². The van der Waals surface area contributed by atoms with Gasteiger partial charge in [-0.3, -0.25) is 4.72 Å². The van der Waals surface area contributed by atoms with Crippen molar-refractivity contribution in [2.75, 3.05) is 11.3 Å². The third-order valence-corrected chi connectivity index (χ3v) is 4.75. The normalized spacial score (nSPS) is 11.8. The van der Waals surface area contributed by atoms with E-state index >= 15 is 0 Å². The van der Waals surface area contributed by atoms with Crippen LogP contribution in [0.4, 0.5) is 18.9 Å². The summed E-state index contributed by atoms with van der Waals surface area (Å²) in [6, 6.07) is 8.77. The van der Waals surface area contributed by atoms with Crippen molar-refractivity contribution < 1.29 is 36.2 Å². The van der Waals surface area contributed by atoms with E-state index < -0.39 is 28.8 Å². The van der Waals surface area contributed by atoms with Crippen LogP contribution in [0.3, 0.4) is 0 Å². The molecule has 0 atom stereocenters. The van der Waals surface area contributed by atoms with E-state index in [4.69, 9.17) is 5.11 Å². The fourth-order valence-electron chi connectivity index (χ4n) is 2.06. The molecule has 0 bridgehead atoms. The van der Waals surface area contributed by atoms with Crippen molar-refractivity contribution in [2.24, 2.45) is 0 Å². The first-order valence-electron chi connectivity index (χ1n) is 7.15. The predicted octanol–water partition coefficient (Wildman–Crippen LogP) is 3.44. The zero-order valence-electron chi connectivity index (χ0n) is 13.4. The number of aryl methyl sites for hydroxylation is 1. The fourth-order valence-corrected chi connectivity index (χ4v) is 3.40. The Labute approximate surface area is 147 Å². The molecule has 0 heterocycles. The van der Waals surface area contributed by atoms with E-state index in [0.29, 0.717) is 0 Å². The third kappa shape index (κ3) is 4.88. The number of sulfonamides is 1. The van der Waals surface area contributed by atoms with Crippen molar-refractivity contribution in [3.63, 3.8) is 0 Å². The van der Waals surface area contributed by atoms with Gasteiger partial charge in [0.05, 0.1) is 16.1 Å². The number of benzene rings is 2. The molecule has 10 heteroatoms. The van der Waals surface area contributed by atoms with E-state index in [-0.39, 0.29) is 27.5 Å². The lowest BCUT2D eigenvalue weighted by molar-refractivity contribution is -0.153. The molecule has 0 aromatic heterocycles. The van der Waals surface area contributed by atoms with Crippen molar-refractivity contribution in [1.82, 2.24) is 0 Å². The molecule has 6 nitrogen and oxygen atoms in total. The van der Waals surface area contributed by atoms with E-state index in [1.165, 1.54) is 43.3 Å². The molecule has 140 valence electrons. The average molecular weight is 389 g/mol. The molecule has 2 aromatic carbocycles. The lowest BCUT2D eigenvalue weighted by Crippen LogP contribution is -2.20. The molecule has 0 aliphatic rings. The molecule has 26 heavy (non-hydrogen) atoms. The standard InChI is InChI=1S/C16H14F3NO5S/c1-10-6-7-11(15(21)22)8-14(10)26(23,24)20-12-4-2-3-5-13(12)25-9-16(17,18)19/h2-8,20H,9H2,1H3,(H,21,22). The maximum Gasteiger partial charge on any atom is 0.422 e. The zero-order chi connectivity index (χ0) is 19.5. The number of hydrogen-bond acceptors (Lipinski definition) is 4. The van der Waals surface area contributed by atoms with Crippen LogP contribution >= 0.6 is 0 Å². The summed E-state index contributed by atoms with van der Waals surface area (Å²) in [7, 11) is -4.25. The first kappa shape index (κ1) is 19.6. The van der Waals surface area contributed by atoms with Gasteiger partial charge in [-0.05, 0) is 36.8 Å². The minimum atomic E-state index is -4.58. The minimum Gasteiger partial charge on any atom is -0.482 e. The van der Waals surface area contributed by atoms with Crippen LogP contribution in [0.2, 0.25) is 0 Å². The summed E-state index contributed by atoms with van der Waals surface area (Å²) in [4.78, 5) is 10.7. The van der Waals surface area contributed by atoms with Gasteiger partial charge in [0, 0.05) is 0 Å².